The van der Waals surface area contributed by atoms with Gasteiger partial charge in [-0.05, 0) is 48.7 Å². The predicted molar refractivity (Wildman–Crippen MR) is 120 cm³/mol. The Bertz CT molecular complexity index is 1160. The van der Waals surface area contributed by atoms with Gasteiger partial charge in [-0.1, -0.05) is 41.4 Å². The quantitative estimate of drug-likeness (QED) is 0.394. The van der Waals surface area contributed by atoms with E-state index >= 15 is 0 Å². The minimum atomic E-state index is -0.657. The molecule has 156 valence electrons. The van der Waals surface area contributed by atoms with Gasteiger partial charge in [0.15, 0.2) is 5.75 Å². The van der Waals surface area contributed by atoms with Gasteiger partial charge < -0.3 is 20.7 Å². The average molecular weight is 446 g/mol. The molecule has 0 aliphatic rings. The Balaban J connectivity index is 1.73. The van der Waals surface area contributed by atoms with Crippen molar-refractivity contribution in [1.82, 2.24) is 9.88 Å². The van der Waals surface area contributed by atoms with Crippen LogP contribution in [0.15, 0.2) is 53.3 Å². The number of anilines is 1. The van der Waals surface area contributed by atoms with Crippen LogP contribution in [0.5, 0.6) is 5.75 Å². The molecule has 0 atom stereocenters. The first-order chi connectivity index (χ1) is 14.3. The van der Waals surface area contributed by atoms with Crippen LogP contribution in [0.25, 0.3) is 11.3 Å². The summed E-state index contributed by atoms with van der Waals surface area (Å²) in [5.74, 6) is -1.11. The third kappa shape index (κ3) is 4.78. The van der Waals surface area contributed by atoms with Gasteiger partial charge >= 0.3 is 0 Å². The second-order valence-electron chi connectivity index (χ2n) is 6.89. The van der Waals surface area contributed by atoms with E-state index in [-0.39, 0.29) is 5.56 Å². The molecule has 0 aliphatic carbocycles. The van der Waals surface area contributed by atoms with Crippen molar-refractivity contribution in [3.63, 3.8) is 0 Å². The standard InChI is InChI=1S/C22H21Cl2N3O3/c1-27-19(14-5-2-6-15(25)11-14)12-16(20(28)22(27)30)21(29)26-9-3-4-13-7-8-17(23)18(24)10-13/h2,5-8,10-12,28H,3-4,9,25H2,1H3,(H,26,29). The monoisotopic (exact) mass is 445 g/mol. The van der Waals surface area contributed by atoms with Crippen LogP contribution in [-0.4, -0.2) is 22.1 Å². The van der Waals surface area contributed by atoms with Crippen molar-refractivity contribution in [2.24, 2.45) is 7.05 Å². The van der Waals surface area contributed by atoms with Crippen molar-refractivity contribution in [2.45, 2.75) is 12.8 Å². The third-order valence-electron chi connectivity index (χ3n) is 4.74. The fraction of sp³-hybridized carbons (Fsp3) is 0.182. The molecule has 1 heterocycles. The fourth-order valence-electron chi connectivity index (χ4n) is 3.12. The highest BCUT2D eigenvalue weighted by Crippen LogP contribution is 2.25. The molecule has 0 saturated heterocycles. The molecule has 3 rings (SSSR count). The number of aromatic nitrogens is 1. The summed E-state index contributed by atoms with van der Waals surface area (Å²) in [6, 6.07) is 13.8. The summed E-state index contributed by atoms with van der Waals surface area (Å²) in [4.78, 5) is 25.0. The van der Waals surface area contributed by atoms with Gasteiger partial charge in [0.2, 0.25) is 0 Å². The minimum Gasteiger partial charge on any atom is -0.502 e. The summed E-state index contributed by atoms with van der Waals surface area (Å²) in [6.07, 6.45) is 1.34. The maximum atomic E-state index is 12.6. The molecule has 0 radical (unpaired) electrons. The first kappa shape index (κ1) is 21.7. The highest BCUT2D eigenvalue weighted by Gasteiger charge is 2.18. The highest BCUT2D eigenvalue weighted by atomic mass is 35.5. The molecule has 30 heavy (non-hydrogen) atoms. The number of pyridine rings is 1. The van der Waals surface area contributed by atoms with Gasteiger partial charge in [0.05, 0.1) is 21.3 Å². The van der Waals surface area contributed by atoms with E-state index in [1.807, 2.05) is 6.07 Å². The smallest absolute Gasteiger partial charge is 0.293 e. The van der Waals surface area contributed by atoms with Crippen molar-refractivity contribution < 1.29 is 9.90 Å². The number of halogens is 2. The maximum Gasteiger partial charge on any atom is 0.293 e. The van der Waals surface area contributed by atoms with Crippen molar-refractivity contribution in [1.29, 1.82) is 0 Å². The third-order valence-corrected chi connectivity index (χ3v) is 5.48. The Morgan fingerprint density at radius 2 is 1.90 bits per heavy atom. The second kappa shape index (κ2) is 9.24. The normalized spacial score (nSPS) is 10.8. The topological polar surface area (TPSA) is 97.3 Å². The Kier molecular flexibility index (Phi) is 6.70. The van der Waals surface area contributed by atoms with Crippen LogP contribution in [0.4, 0.5) is 5.69 Å². The molecule has 3 aromatic rings. The van der Waals surface area contributed by atoms with Gasteiger partial charge in [-0.25, -0.2) is 0 Å². The van der Waals surface area contributed by atoms with Crippen molar-refractivity contribution in [2.75, 3.05) is 12.3 Å². The van der Waals surface area contributed by atoms with E-state index in [2.05, 4.69) is 5.32 Å². The highest BCUT2D eigenvalue weighted by molar-refractivity contribution is 6.42. The minimum absolute atomic E-state index is 0.0786. The number of carbonyl (C=O) groups is 1. The van der Waals surface area contributed by atoms with E-state index in [1.54, 1.807) is 36.4 Å². The van der Waals surface area contributed by atoms with E-state index in [0.29, 0.717) is 46.4 Å². The first-order valence-corrected chi connectivity index (χ1v) is 10.0. The number of nitrogens with zero attached hydrogens (tertiary/aromatic N) is 1. The Morgan fingerprint density at radius 1 is 1.13 bits per heavy atom. The van der Waals surface area contributed by atoms with Crippen LogP contribution >= 0.6 is 23.2 Å². The molecule has 6 nitrogen and oxygen atoms in total. The predicted octanol–water partition coefficient (Wildman–Crippen LogP) is 4.01. The van der Waals surface area contributed by atoms with Crippen molar-refractivity contribution in [3.05, 3.63) is 80.1 Å². The summed E-state index contributed by atoms with van der Waals surface area (Å²) in [5, 5.41) is 13.9. The zero-order valence-electron chi connectivity index (χ0n) is 16.3. The van der Waals surface area contributed by atoms with Gasteiger partial charge in [0.25, 0.3) is 11.5 Å². The van der Waals surface area contributed by atoms with Crippen LogP contribution < -0.4 is 16.6 Å². The lowest BCUT2D eigenvalue weighted by atomic mass is 10.1. The Morgan fingerprint density at radius 3 is 2.60 bits per heavy atom. The van der Waals surface area contributed by atoms with E-state index in [0.717, 1.165) is 5.56 Å². The zero-order chi connectivity index (χ0) is 21.8. The number of hydrogen-bond acceptors (Lipinski definition) is 4. The van der Waals surface area contributed by atoms with E-state index in [4.69, 9.17) is 28.9 Å². The van der Waals surface area contributed by atoms with Gasteiger partial charge in [0, 0.05) is 24.8 Å². The second-order valence-corrected chi connectivity index (χ2v) is 7.70. The number of nitrogens with one attached hydrogen (secondary N) is 1. The molecular weight excluding hydrogens is 425 g/mol. The Hall–Kier alpha value is -2.96. The largest absolute Gasteiger partial charge is 0.502 e. The van der Waals surface area contributed by atoms with Crippen LogP contribution in [0.1, 0.15) is 22.3 Å². The lowest BCUT2D eigenvalue weighted by Gasteiger charge is -2.13. The van der Waals surface area contributed by atoms with E-state index in [1.165, 1.54) is 17.7 Å². The number of hydrogen-bond donors (Lipinski definition) is 3. The molecule has 0 saturated carbocycles. The SMILES string of the molecule is Cn1c(-c2cccc(N)c2)cc(C(=O)NCCCc2ccc(Cl)c(Cl)c2)c(O)c1=O. The summed E-state index contributed by atoms with van der Waals surface area (Å²) in [7, 11) is 1.53. The number of nitrogens with two attached hydrogens (primary N) is 1. The van der Waals surface area contributed by atoms with Crippen LogP contribution in [0.3, 0.4) is 0 Å². The number of amides is 1. The molecule has 2 aromatic carbocycles. The maximum absolute atomic E-state index is 12.6. The number of aromatic hydroxyl groups is 1. The van der Waals surface area contributed by atoms with Gasteiger partial charge in [0.1, 0.15) is 0 Å². The lowest BCUT2D eigenvalue weighted by molar-refractivity contribution is 0.0950. The molecular formula is C22H21Cl2N3O3. The first-order valence-electron chi connectivity index (χ1n) is 9.29. The summed E-state index contributed by atoms with van der Waals surface area (Å²) in [6.45, 7) is 0.362. The molecule has 0 unspecified atom stereocenters. The molecule has 0 fully saturated rings. The molecule has 4 N–H and O–H groups in total. The molecule has 0 spiro atoms. The number of aryl methyl sites for hydroxylation is 1. The van der Waals surface area contributed by atoms with Gasteiger partial charge in [-0.15, -0.1) is 0 Å². The van der Waals surface area contributed by atoms with E-state index < -0.39 is 17.2 Å². The summed E-state index contributed by atoms with van der Waals surface area (Å²) >= 11 is 11.9. The van der Waals surface area contributed by atoms with Crippen molar-refractivity contribution in [3.8, 4) is 17.0 Å². The molecule has 0 aliphatic heterocycles. The molecule has 1 aromatic heterocycles. The fourth-order valence-corrected chi connectivity index (χ4v) is 3.44. The number of nitrogen functional groups attached to an aromatic ring is 1. The Labute approximate surface area is 183 Å². The lowest BCUT2D eigenvalue weighted by Crippen LogP contribution is -2.28. The summed E-state index contributed by atoms with van der Waals surface area (Å²) < 4.78 is 1.28. The van der Waals surface area contributed by atoms with Gasteiger partial charge in [-0.3, -0.25) is 9.59 Å². The molecule has 8 heteroatoms. The van der Waals surface area contributed by atoms with Crippen LogP contribution in [0.2, 0.25) is 10.0 Å². The number of rotatable bonds is 6. The zero-order valence-corrected chi connectivity index (χ0v) is 17.8. The van der Waals surface area contributed by atoms with Crippen molar-refractivity contribution >= 4 is 34.8 Å². The van der Waals surface area contributed by atoms with Gasteiger partial charge in [-0.2, -0.15) is 0 Å². The average Bonchev–Trinajstić information content (AvgIpc) is 2.72. The van der Waals surface area contributed by atoms with Crippen LogP contribution in [-0.2, 0) is 13.5 Å². The molecule has 0 bridgehead atoms. The number of carbonyl (C=O) groups excluding carboxylic acids is 1. The van der Waals surface area contributed by atoms with E-state index in [9.17, 15) is 14.7 Å². The summed E-state index contributed by atoms with van der Waals surface area (Å²) in [5.41, 5.74) is 7.77. The number of benzene rings is 2. The van der Waals surface area contributed by atoms with Crippen LogP contribution in [0, 0.1) is 0 Å². The molecule has 1 amide bonds.